The molecule has 2 rings (SSSR count). The Bertz CT molecular complexity index is 265. The van der Waals surface area contributed by atoms with Crippen LogP contribution in [0.2, 0.25) is 0 Å². The molecule has 0 aliphatic carbocycles. The summed E-state index contributed by atoms with van der Waals surface area (Å²) in [5.41, 5.74) is 5.82. The third-order valence-corrected chi connectivity index (χ3v) is 3.88. The number of likely N-dealkylation sites (tertiary alicyclic amines) is 1. The second-order valence-electron chi connectivity index (χ2n) is 5.27. The molecule has 3 N–H and O–H groups in total. The number of hydrogen-bond acceptors (Lipinski definition) is 3. The van der Waals surface area contributed by atoms with Gasteiger partial charge >= 0.3 is 0 Å². The highest BCUT2D eigenvalue weighted by Gasteiger charge is 2.44. The minimum absolute atomic E-state index is 0.00956. The molecule has 2 atom stereocenters. The van der Waals surface area contributed by atoms with Crippen LogP contribution in [0.4, 0.5) is 0 Å². The van der Waals surface area contributed by atoms with Crippen LogP contribution in [0.3, 0.4) is 0 Å². The van der Waals surface area contributed by atoms with Crippen LogP contribution in [0, 0.1) is 5.92 Å². The predicted molar refractivity (Wildman–Crippen MR) is 59.4 cm³/mol. The first kappa shape index (κ1) is 10.9. The quantitative estimate of drug-likeness (QED) is 0.672. The van der Waals surface area contributed by atoms with Crippen LogP contribution in [0.15, 0.2) is 0 Å². The molecule has 0 spiro atoms. The molecule has 2 heterocycles. The Balaban J connectivity index is 2.16. The monoisotopic (exact) mass is 211 g/mol. The molecule has 2 aliphatic heterocycles. The van der Waals surface area contributed by atoms with Crippen LogP contribution in [0.1, 0.15) is 26.7 Å². The molecule has 2 aliphatic rings. The van der Waals surface area contributed by atoms with Gasteiger partial charge < -0.3 is 11.1 Å². The molecular weight excluding hydrogens is 190 g/mol. The van der Waals surface area contributed by atoms with Crippen LogP contribution < -0.4 is 11.1 Å². The molecule has 0 aromatic rings. The Hall–Kier alpha value is -0.610. The lowest BCUT2D eigenvalue weighted by molar-refractivity contribution is -0.124. The fourth-order valence-electron chi connectivity index (χ4n) is 2.82. The van der Waals surface area contributed by atoms with Crippen molar-refractivity contribution in [2.45, 2.75) is 38.3 Å². The van der Waals surface area contributed by atoms with Crippen molar-refractivity contribution in [1.82, 2.24) is 10.2 Å². The molecule has 0 radical (unpaired) electrons. The number of hydrogen-bond donors (Lipinski definition) is 2. The van der Waals surface area contributed by atoms with Crippen molar-refractivity contribution in [3.8, 4) is 0 Å². The van der Waals surface area contributed by atoms with E-state index < -0.39 is 0 Å². The molecule has 0 saturated carbocycles. The molecule has 4 heteroatoms. The summed E-state index contributed by atoms with van der Waals surface area (Å²) in [4.78, 5) is 14.0. The zero-order valence-corrected chi connectivity index (χ0v) is 9.62. The van der Waals surface area contributed by atoms with E-state index in [1.54, 1.807) is 0 Å². The number of nitrogens with zero attached hydrogens (tertiary/aromatic N) is 1. The lowest BCUT2D eigenvalue weighted by Gasteiger charge is -2.46. The van der Waals surface area contributed by atoms with E-state index in [0.29, 0.717) is 12.6 Å². The van der Waals surface area contributed by atoms with Gasteiger partial charge in [0.1, 0.15) is 0 Å². The third-order valence-electron chi connectivity index (χ3n) is 3.88. The zero-order chi connectivity index (χ0) is 11.1. The summed E-state index contributed by atoms with van der Waals surface area (Å²) in [6, 6.07) is 0.366. The van der Waals surface area contributed by atoms with Gasteiger partial charge in [-0.25, -0.2) is 0 Å². The van der Waals surface area contributed by atoms with Gasteiger partial charge in [-0.05, 0) is 33.2 Å². The maximum absolute atomic E-state index is 11.6. The summed E-state index contributed by atoms with van der Waals surface area (Å²) in [6.45, 7) is 6.84. The van der Waals surface area contributed by atoms with Crippen LogP contribution in [0.25, 0.3) is 0 Å². The van der Waals surface area contributed by atoms with E-state index in [-0.39, 0.29) is 17.4 Å². The Morgan fingerprint density at radius 2 is 2.33 bits per heavy atom. The van der Waals surface area contributed by atoms with Gasteiger partial charge in [-0.2, -0.15) is 0 Å². The number of fused-ring (bicyclic) bond motifs is 1. The van der Waals surface area contributed by atoms with Crippen molar-refractivity contribution >= 4 is 5.91 Å². The lowest BCUT2D eigenvalue weighted by Crippen LogP contribution is -2.58. The summed E-state index contributed by atoms with van der Waals surface area (Å²) in [5, 5.41) is 2.97. The summed E-state index contributed by atoms with van der Waals surface area (Å²) < 4.78 is 0. The Kier molecular flexibility index (Phi) is 2.73. The average molecular weight is 211 g/mol. The molecule has 2 saturated heterocycles. The maximum atomic E-state index is 11.6. The highest BCUT2D eigenvalue weighted by atomic mass is 16.2. The number of rotatable bonds is 2. The fraction of sp³-hybridized carbons (Fsp3) is 0.909. The first-order valence-electron chi connectivity index (χ1n) is 5.81. The van der Waals surface area contributed by atoms with Crippen LogP contribution in [-0.2, 0) is 4.79 Å². The van der Waals surface area contributed by atoms with E-state index in [1.807, 2.05) is 0 Å². The highest BCUT2D eigenvalue weighted by Crippen LogP contribution is 2.31. The lowest BCUT2D eigenvalue weighted by atomic mass is 9.87. The van der Waals surface area contributed by atoms with Crippen LogP contribution >= 0.6 is 0 Å². The molecule has 2 fully saturated rings. The average Bonchev–Trinajstić information content (AvgIpc) is 2.60. The van der Waals surface area contributed by atoms with Gasteiger partial charge in [0, 0.05) is 24.7 Å². The van der Waals surface area contributed by atoms with E-state index in [0.717, 1.165) is 25.9 Å². The minimum atomic E-state index is 0.00956. The summed E-state index contributed by atoms with van der Waals surface area (Å²) in [7, 11) is 0. The molecular formula is C11H21N3O. The van der Waals surface area contributed by atoms with E-state index in [4.69, 9.17) is 5.73 Å². The van der Waals surface area contributed by atoms with E-state index in [2.05, 4.69) is 24.1 Å². The third kappa shape index (κ3) is 1.76. The maximum Gasteiger partial charge on any atom is 0.224 e. The molecule has 0 bridgehead atoms. The van der Waals surface area contributed by atoms with Crippen molar-refractivity contribution in [2.24, 2.45) is 11.7 Å². The first-order valence-corrected chi connectivity index (χ1v) is 5.81. The summed E-state index contributed by atoms with van der Waals surface area (Å²) in [6.07, 6.45) is 2.14. The van der Waals surface area contributed by atoms with E-state index in [1.165, 1.54) is 0 Å². The summed E-state index contributed by atoms with van der Waals surface area (Å²) >= 11 is 0. The SMILES string of the molecule is CC(C)(CN)N1CCCC2C(=O)NCC21. The second-order valence-corrected chi connectivity index (χ2v) is 5.27. The Labute approximate surface area is 91.2 Å². The summed E-state index contributed by atoms with van der Waals surface area (Å²) in [5.74, 6) is 0.432. The molecule has 15 heavy (non-hydrogen) atoms. The Morgan fingerprint density at radius 3 is 3.00 bits per heavy atom. The van der Waals surface area contributed by atoms with E-state index in [9.17, 15) is 4.79 Å². The molecule has 0 aromatic heterocycles. The fourth-order valence-corrected chi connectivity index (χ4v) is 2.82. The molecule has 1 amide bonds. The van der Waals surface area contributed by atoms with Crippen molar-refractivity contribution in [3.05, 3.63) is 0 Å². The zero-order valence-electron chi connectivity index (χ0n) is 9.62. The van der Waals surface area contributed by atoms with Crippen LogP contribution in [0.5, 0.6) is 0 Å². The molecule has 4 nitrogen and oxygen atoms in total. The van der Waals surface area contributed by atoms with Gasteiger partial charge in [0.2, 0.25) is 5.91 Å². The smallest absolute Gasteiger partial charge is 0.224 e. The number of carbonyl (C=O) groups is 1. The van der Waals surface area contributed by atoms with Gasteiger partial charge in [0.25, 0.3) is 0 Å². The molecule has 86 valence electrons. The standard InChI is InChI=1S/C11H21N3O/c1-11(2,7-12)14-5-3-4-8-9(14)6-13-10(8)15/h8-9H,3-7,12H2,1-2H3,(H,13,15). The first-order chi connectivity index (χ1) is 7.06. The van der Waals surface area contributed by atoms with Crippen LogP contribution in [-0.4, -0.2) is 42.0 Å². The van der Waals surface area contributed by atoms with Gasteiger partial charge in [-0.15, -0.1) is 0 Å². The number of nitrogens with one attached hydrogen (secondary N) is 1. The highest BCUT2D eigenvalue weighted by molar-refractivity contribution is 5.82. The van der Waals surface area contributed by atoms with Crippen molar-refractivity contribution < 1.29 is 4.79 Å². The van der Waals surface area contributed by atoms with Gasteiger partial charge in [-0.3, -0.25) is 9.69 Å². The number of piperidine rings is 1. The topological polar surface area (TPSA) is 58.4 Å². The van der Waals surface area contributed by atoms with Crippen molar-refractivity contribution in [1.29, 1.82) is 0 Å². The van der Waals surface area contributed by atoms with Crippen molar-refractivity contribution in [3.63, 3.8) is 0 Å². The Morgan fingerprint density at radius 1 is 1.60 bits per heavy atom. The molecule has 0 aromatic carbocycles. The van der Waals surface area contributed by atoms with Gasteiger partial charge in [-0.1, -0.05) is 0 Å². The second kappa shape index (κ2) is 3.76. The van der Waals surface area contributed by atoms with Gasteiger partial charge in [0.05, 0.1) is 5.92 Å². The van der Waals surface area contributed by atoms with E-state index >= 15 is 0 Å². The largest absolute Gasteiger partial charge is 0.354 e. The number of nitrogens with two attached hydrogens (primary N) is 1. The van der Waals surface area contributed by atoms with Crippen molar-refractivity contribution in [2.75, 3.05) is 19.6 Å². The number of carbonyl (C=O) groups excluding carboxylic acids is 1. The normalized spacial score (nSPS) is 32.6. The number of amides is 1. The molecule has 2 unspecified atom stereocenters. The minimum Gasteiger partial charge on any atom is -0.354 e. The predicted octanol–water partition coefficient (Wildman–Crippen LogP) is -0.0659. The van der Waals surface area contributed by atoms with Gasteiger partial charge in [0.15, 0.2) is 0 Å².